The van der Waals surface area contributed by atoms with E-state index >= 15 is 0 Å². The maximum Gasteiger partial charge on any atom is 0.230 e. The molecule has 1 aliphatic rings. The van der Waals surface area contributed by atoms with Crippen molar-refractivity contribution in [1.29, 1.82) is 0 Å². The molecular weight excluding hydrogens is 538 g/mol. The molecule has 0 radical (unpaired) electrons. The summed E-state index contributed by atoms with van der Waals surface area (Å²) in [6, 6.07) is 40.6. The van der Waals surface area contributed by atoms with Gasteiger partial charge in [-0.2, -0.15) is 0 Å². The second-order valence-corrected chi connectivity index (χ2v) is 12.2. The molecule has 1 saturated heterocycles. The van der Waals surface area contributed by atoms with Crippen molar-refractivity contribution in [3.05, 3.63) is 138 Å². The molecule has 42 heavy (non-hydrogen) atoms. The zero-order valence-corrected chi connectivity index (χ0v) is 25.0. The number of unbranched alkanes of at least 4 members (excludes halogenated alkanes) is 1. The molecule has 1 aliphatic heterocycles. The summed E-state index contributed by atoms with van der Waals surface area (Å²) in [4.78, 5) is 29.6. The molecule has 0 aromatic heterocycles. The van der Waals surface area contributed by atoms with Crippen LogP contribution in [-0.4, -0.2) is 34.6 Å². The number of likely N-dealkylation sites (tertiary alicyclic amines) is 1. The summed E-state index contributed by atoms with van der Waals surface area (Å²) in [5, 5.41) is 0.117. The lowest BCUT2D eigenvalue weighted by Gasteiger charge is -2.37. The number of hydrogen-bond donors (Lipinski definition) is 0. The molecule has 5 rings (SSSR count). The van der Waals surface area contributed by atoms with Gasteiger partial charge in [0.15, 0.2) is 0 Å². The Balaban J connectivity index is 1.41. The number of carbonyl (C=O) groups is 2. The van der Waals surface area contributed by atoms with Crippen molar-refractivity contribution in [3.63, 3.8) is 0 Å². The van der Waals surface area contributed by atoms with Crippen molar-refractivity contribution in [2.24, 2.45) is 0 Å². The lowest BCUT2D eigenvalue weighted by atomic mass is 9.80. The number of nitrogens with zero attached hydrogens (tertiary/aromatic N) is 1. The summed E-state index contributed by atoms with van der Waals surface area (Å²) < 4.78 is 7.01. The Morgan fingerprint density at radius 3 is 1.83 bits per heavy atom. The third-order valence-corrected chi connectivity index (χ3v) is 9.24. The lowest BCUT2D eigenvalue weighted by Crippen LogP contribution is -2.44. The SMILES string of the molecule is CCCC[C@@H](CC(=O)N1C(=O)CC[C@H]1COC(c1ccccc1)(c1ccccc1)c1ccccc1)Sc1ccccc1. The maximum atomic E-state index is 13.8. The fraction of sp³-hybridized carbons (Fsp3) is 0.297. The van der Waals surface area contributed by atoms with Gasteiger partial charge in [-0.1, -0.05) is 129 Å². The molecule has 0 spiro atoms. The van der Waals surface area contributed by atoms with Crippen LogP contribution in [0.1, 0.15) is 62.1 Å². The molecule has 0 unspecified atom stereocenters. The van der Waals surface area contributed by atoms with E-state index in [9.17, 15) is 9.59 Å². The highest BCUT2D eigenvalue weighted by atomic mass is 32.2. The van der Waals surface area contributed by atoms with Gasteiger partial charge in [0, 0.05) is 23.0 Å². The van der Waals surface area contributed by atoms with Gasteiger partial charge in [0.25, 0.3) is 0 Å². The first kappa shape index (κ1) is 29.8. The number of benzene rings is 4. The van der Waals surface area contributed by atoms with Crippen LogP contribution in [-0.2, 0) is 19.9 Å². The number of carbonyl (C=O) groups excluding carboxylic acids is 2. The summed E-state index contributed by atoms with van der Waals surface area (Å²) >= 11 is 1.74. The van der Waals surface area contributed by atoms with E-state index in [4.69, 9.17) is 4.74 Å². The van der Waals surface area contributed by atoms with E-state index in [1.54, 1.807) is 11.8 Å². The van der Waals surface area contributed by atoms with E-state index in [0.29, 0.717) is 19.3 Å². The van der Waals surface area contributed by atoms with E-state index in [1.807, 2.05) is 72.8 Å². The largest absolute Gasteiger partial charge is 0.359 e. The lowest BCUT2D eigenvalue weighted by molar-refractivity contribution is -0.145. The van der Waals surface area contributed by atoms with Crippen LogP contribution in [0.2, 0.25) is 0 Å². The van der Waals surface area contributed by atoms with Gasteiger partial charge >= 0.3 is 0 Å². The van der Waals surface area contributed by atoms with Gasteiger partial charge in [0.05, 0.1) is 12.6 Å². The number of ether oxygens (including phenoxy) is 1. The van der Waals surface area contributed by atoms with Crippen LogP contribution < -0.4 is 0 Å². The molecule has 0 saturated carbocycles. The van der Waals surface area contributed by atoms with Crippen LogP contribution in [0, 0.1) is 0 Å². The Hall–Kier alpha value is -3.67. The summed E-state index contributed by atoms with van der Waals surface area (Å²) in [7, 11) is 0. The Morgan fingerprint density at radius 2 is 1.33 bits per heavy atom. The monoisotopic (exact) mass is 577 g/mol. The maximum absolute atomic E-state index is 13.8. The first-order valence-corrected chi connectivity index (χ1v) is 15.9. The summed E-state index contributed by atoms with van der Waals surface area (Å²) in [6.07, 6.45) is 4.35. The normalized spacial score (nSPS) is 16.0. The zero-order valence-electron chi connectivity index (χ0n) is 24.2. The fourth-order valence-corrected chi connectivity index (χ4v) is 7.06. The smallest absolute Gasteiger partial charge is 0.230 e. The number of thioether (sulfide) groups is 1. The standard InChI is InChI=1S/C37H39NO3S/c1-2-3-22-34(42-33-23-14-7-15-24-33)27-36(40)38-32(25-26-35(38)39)28-41-37(29-16-8-4-9-17-29,30-18-10-5-11-19-30)31-20-12-6-13-21-31/h4-21,23-24,32,34H,2-3,22,25-28H2,1H3/t32-,34-/m0/s1. The van der Waals surface area contributed by atoms with Crippen LogP contribution in [0.4, 0.5) is 0 Å². The molecular formula is C37H39NO3S. The van der Waals surface area contributed by atoms with E-state index in [2.05, 4.69) is 55.5 Å². The molecule has 1 fully saturated rings. The number of hydrogen-bond acceptors (Lipinski definition) is 4. The highest BCUT2D eigenvalue weighted by molar-refractivity contribution is 8.00. The van der Waals surface area contributed by atoms with Crippen molar-refractivity contribution in [1.82, 2.24) is 4.90 Å². The minimum Gasteiger partial charge on any atom is -0.359 e. The Bertz CT molecular complexity index is 1320. The Morgan fingerprint density at radius 1 is 0.833 bits per heavy atom. The van der Waals surface area contributed by atoms with Crippen LogP contribution in [0.5, 0.6) is 0 Å². The molecule has 0 bridgehead atoms. The summed E-state index contributed by atoms with van der Waals surface area (Å²) in [5.74, 6) is -0.197. The number of amides is 2. The highest BCUT2D eigenvalue weighted by Crippen LogP contribution is 2.41. The van der Waals surface area contributed by atoms with Gasteiger partial charge in [-0.15, -0.1) is 11.8 Å². The van der Waals surface area contributed by atoms with Gasteiger partial charge < -0.3 is 4.74 Å². The van der Waals surface area contributed by atoms with Crippen molar-refractivity contribution in [2.45, 2.75) is 67.2 Å². The van der Waals surface area contributed by atoms with E-state index in [-0.39, 0.29) is 29.7 Å². The molecule has 2 atom stereocenters. The molecule has 1 heterocycles. The average Bonchev–Trinajstić information content (AvgIpc) is 3.42. The highest BCUT2D eigenvalue weighted by Gasteiger charge is 2.42. The Kier molecular flexibility index (Phi) is 10.3. The molecule has 4 aromatic rings. The van der Waals surface area contributed by atoms with Crippen molar-refractivity contribution in [2.75, 3.05) is 6.61 Å². The average molecular weight is 578 g/mol. The van der Waals surface area contributed by atoms with Crippen LogP contribution >= 0.6 is 11.8 Å². The summed E-state index contributed by atoms with van der Waals surface area (Å²) in [5.41, 5.74) is 2.12. The van der Waals surface area contributed by atoms with E-state index in [1.165, 1.54) is 4.90 Å². The number of imide groups is 1. The molecule has 4 nitrogen and oxygen atoms in total. The Labute approximate surface area is 254 Å². The van der Waals surface area contributed by atoms with Gasteiger partial charge in [-0.3, -0.25) is 14.5 Å². The van der Waals surface area contributed by atoms with Gasteiger partial charge in [0.1, 0.15) is 5.60 Å². The molecule has 4 aromatic carbocycles. The van der Waals surface area contributed by atoms with Crippen molar-refractivity contribution in [3.8, 4) is 0 Å². The predicted octanol–water partition coefficient (Wildman–Crippen LogP) is 8.25. The third kappa shape index (κ3) is 6.86. The fourth-order valence-electron chi connectivity index (χ4n) is 5.85. The second kappa shape index (κ2) is 14.5. The van der Waals surface area contributed by atoms with Crippen molar-refractivity contribution >= 4 is 23.6 Å². The predicted molar refractivity (Wildman–Crippen MR) is 170 cm³/mol. The first-order valence-electron chi connectivity index (χ1n) is 15.0. The first-order chi connectivity index (χ1) is 20.6. The molecule has 0 aliphatic carbocycles. The minimum atomic E-state index is -0.892. The van der Waals surface area contributed by atoms with Gasteiger partial charge in [0.2, 0.25) is 11.8 Å². The molecule has 216 valence electrons. The molecule has 5 heteroatoms. The van der Waals surface area contributed by atoms with Crippen molar-refractivity contribution < 1.29 is 14.3 Å². The number of rotatable bonds is 13. The topological polar surface area (TPSA) is 46.6 Å². The minimum absolute atomic E-state index is 0.0969. The quantitative estimate of drug-likeness (QED) is 0.119. The second-order valence-electron chi connectivity index (χ2n) is 10.8. The van der Waals surface area contributed by atoms with E-state index < -0.39 is 5.60 Å². The zero-order chi connectivity index (χ0) is 29.2. The third-order valence-electron chi connectivity index (χ3n) is 7.96. The molecule has 0 N–H and O–H groups in total. The van der Waals surface area contributed by atoms with Crippen LogP contribution in [0.25, 0.3) is 0 Å². The van der Waals surface area contributed by atoms with Gasteiger partial charge in [-0.25, -0.2) is 0 Å². The van der Waals surface area contributed by atoms with E-state index in [0.717, 1.165) is 40.8 Å². The van der Waals surface area contributed by atoms with Crippen LogP contribution in [0.3, 0.4) is 0 Å². The van der Waals surface area contributed by atoms with Crippen LogP contribution in [0.15, 0.2) is 126 Å². The summed E-state index contributed by atoms with van der Waals surface area (Å²) in [6.45, 7) is 2.42. The molecule has 2 amide bonds. The van der Waals surface area contributed by atoms with Gasteiger partial charge in [-0.05, 0) is 41.7 Å².